The van der Waals surface area contributed by atoms with Gasteiger partial charge in [-0.1, -0.05) is 184 Å². The van der Waals surface area contributed by atoms with Gasteiger partial charge in [0.2, 0.25) is 0 Å². The molecule has 0 amide bonds. The lowest BCUT2D eigenvalue weighted by molar-refractivity contribution is 0.661. The first-order valence-corrected chi connectivity index (χ1v) is 21.5. The molecule has 0 saturated heterocycles. The Bertz CT molecular complexity index is 3840. The van der Waals surface area contributed by atoms with Crippen LogP contribution < -0.4 is 0 Å². The fraction of sp³-hybridized carbons (Fsp3) is 0.0492. The van der Waals surface area contributed by atoms with E-state index in [-0.39, 0.29) is 5.41 Å². The quantitative estimate of drug-likeness (QED) is 0.157. The Labute approximate surface area is 355 Å². The second kappa shape index (κ2) is 12.7. The van der Waals surface area contributed by atoms with Crippen molar-refractivity contribution in [2.75, 3.05) is 0 Å². The average Bonchev–Trinajstić information content (AvgIpc) is 3.54. The summed E-state index contributed by atoms with van der Waals surface area (Å²) in [6, 6.07) is 77.5. The highest BCUT2D eigenvalue weighted by molar-refractivity contribution is 6.29. The second-order valence-electron chi connectivity index (χ2n) is 17.6. The van der Waals surface area contributed by atoms with E-state index in [4.69, 9.17) is 0 Å². The smallest absolute Gasteiger partial charge is 0.0159 e. The molecule has 0 aliphatic heterocycles. The lowest BCUT2D eigenvalue weighted by Gasteiger charge is -2.23. The second-order valence-corrected chi connectivity index (χ2v) is 17.6. The van der Waals surface area contributed by atoms with Gasteiger partial charge in [-0.2, -0.15) is 0 Å². The van der Waals surface area contributed by atoms with Crippen LogP contribution in [0.15, 0.2) is 206 Å². The van der Waals surface area contributed by atoms with Crippen LogP contribution in [0.4, 0.5) is 0 Å². The minimum atomic E-state index is -0.142. The highest BCUT2D eigenvalue weighted by atomic mass is 14.4. The first kappa shape index (κ1) is 34.3. The van der Waals surface area contributed by atoms with Gasteiger partial charge < -0.3 is 0 Å². The Morgan fingerprint density at radius 3 is 1.41 bits per heavy atom. The van der Waals surface area contributed by atoms with E-state index in [0.717, 1.165) is 0 Å². The summed E-state index contributed by atoms with van der Waals surface area (Å²) in [5, 5.41) is 18.1. The molecule has 0 atom stereocenters. The maximum atomic E-state index is 2.46. The largest absolute Gasteiger partial charge is 0.0616 e. The van der Waals surface area contributed by atoms with E-state index in [1.165, 1.54) is 131 Å². The van der Waals surface area contributed by atoms with Crippen LogP contribution in [0.25, 0.3) is 120 Å². The van der Waals surface area contributed by atoms with Gasteiger partial charge in [-0.15, -0.1) is 0 Å². The van der Waals surface area contributed by atoms with Crippen LogP contribution in [0.2, 0.25) is 0 Å². The van der Waals surface area contributed by atoms with E-state index in [0.29, 0.717) is 0 Å². The molecule has 0 N–H and O–H groups in total. The zero-order valence-corrected chi connectivity index (χ0v) is 34.1. The van der Waals surface area contributed by atoms with E-state index < -0.39 is 0 Å². The van der Waals surface area contributed by atoms with Crippen LogP contribution in [0.3, 0.4) is 0 Å². The summed E-state index contributed by atoms with van der Waals surface area (Å²) in [6.07, 6.45) is 0. The van der Waals surface area contributed by atoms with Gasteiger partial charge >= 0.3 is 0 Å². The Hall–Kier alpha value is -7.54. The Balaban J connectivity index is 0.876. The number of rotatable bonds is 3. The monoisotopic (exact) mass is 772 g/mol. The molecule has 1 aliphatic carbocycles. The highest BCUT2D eigenvalue weighted by Gasteiger charge is 2.36. The van der Waals surface area contributed by atoms with Gasteiger partial charge in [0.15, 0.2) is 0 Å². The van der Waals surface area contributed by atoms with E-state index in [1.807, 2.05) is 0 Å². The van der Waals surface area contributed by atoms with E-state index in [2.05, 4.69) is 220 Å². The fourth-order valence-electron chi connectivity index (χ4n) is 10.9. The van der Waals surface area contributed by atoms with Crippen molar-refractivity contribution >= 4 is 75.4 Å². The van der Waals surface area contributed by atoms with Gasteiger partial charge in [0, 0.05) is 5.41 Å². The molecular weight excluding hydrogens is 733 g/mol. The third-order valence-electron chi connectivity index (χ3n) is 14.0. The van der Waals surface area contributed by atoms with Crippen molar-refractivity contribution in [1.29, 1.82) is 0 Å². The van der Waals surface area contributed by atoms with Gasteiger partial charge in [-0.05, 0) is 167 Å². The van der Waals surface area contributed by atoms with Gasteiger partial charge in [0.05, 0.1) is 0 Å². The summed E-state index contributed by atoms with van der Waals surface area (Å²) in [5.41, 5.74) is 12.9. The van der Waals surface area contributed by atoms with Crippen LogP contribution in [0.5, 0.6) is 0 Å². The Morgan fingerprint density at radius 2 is 0.672 bits per heavy atom. The standard InChI is InChI=1S/C61H40/c1-61(2)57-35-42(27-29-52(57)53-30-28-45(36-58(53)61)55-33-43-12-4-5-13-47(43)49-15-7-8-16-50(49)55)40-22-23-41-32-44(25-24-39(41)31-40)56-34-46-26-21-38-20-19-37-11-3-6-14-48(37)59(38)60(46)54-18-10-9-17-51(54)56/h3-36H,1-2H3. The number of hydrogen-bond acceptors (Lipinski definition) is 0. The molecule has 12 aromatic carbocycles. The van der Waals surface area contributed by atoms with Crippen molar-refractivity contribution < 1.29 is 0 Å². The molecule has 0 aromatic heterocycles. The van der Waals surface area contributed by atoms with Crippen molar-refractivity contribution in [1.82, 2.24) is 0 Å². The predicted octanol–water partition coefficient (Wildman–Crippen LogP) is 17.1. The van der Waals surface area contributed by atoms with Crippen molar-refractivity contribution in [2.45, 2.75) is 19.3 Å². The molecule has 0 saturated carbocycles. The third-order valence-corrected chi connectivity index (χ3v) is 14.0. The third kappa shape index (κ3) is 5.06. The van der Waals surface area contributed by atoms with Gasteiger partial charge in [-0.3, -0.25) is 0 Å². The molecule has 0 bridgehead atoms. The molecule has 0 heterocycles. The molecular formula is C61H40. The molecule has 0 heteroatoms. The summed E-state index contributed by atoms with van der Waals surface area (Å²) < 4.78 is 0. The number of hydrogen-bond donors (Lipinski definition) is 0. The molecule has 0 unspecified atom stereocenters. The zero-order chi connectivity index (χ0) is 40.4. The minimum Gasteiger partial charge on any atom is -0.0616 e. The lowest BCUT2D eigenvalue weighted by atomic mass is 9.80. The molecule has 284 valence electrons. The maximum Gasteiger partial charge on any atom is 0.0159 e. The predicted molar refractivity (Wildman–Crippen MR) is 263 cm³/mol. The first-order valence-electron chi connectivity index (χ1n) is 21.5. The Kier molecular flexibility index (Phi) is 7.17. The summed E-state index contributed by atoms with van der Waals surface area (Å²) >= 11 is 0. The molecule has 1 aliphatic rings. The molecule has 13 rings (SSSR count). The molecule has 0 nitrogen and oxygen atoms in total. The number of benzene rings is 12. The summed E-state index contributed by atoms with van der Waals surface area (Å²) in [6.45, 7) is 4.79. The SMILES string of the molecule is CC1(C)c2cc(-c3ccc4cc(-c5cc6ccc7ccc8ccccc8c7c6c6ccccc56)ccc4c3)ccc2-c2ccc(-c3cc4ccccc4c4ccccc34)cc21. The van der Waals surface area contributed by atoms with Gasteiger partial charge in [-0.25, -0.2) is 0 Å². The van der Waals surface area contributed by atoms with Crippen molar-refractivity contribution in [3.8, 4) is 44.5 Å². The number of fused-ring (bicyclic) bond motifs is 14. The van der Waals surface area contributed by atoms with E-state index in [9.17, 15) is 0 Å². The van der Waals surface area contributed by atoms with Crippen LogP contribution in [0.1, 0.15) is 25.0 Å². The fourth-order valence-corrected chi connectivity index (χ4v) is 10.9. The lowest BCUT2D eigenvalue weighted by Crippen LogP contribution is -2.15. The summed E-state index contributed by atoms with van der Waals surface area (Å²) in [4.78, 5) is 0. The van der Waals surface area contributed by atoms with Crippen LogP contribution >= 0.6 is 0 Å². The van der Waals surface area contributed by atoms with Gasteiger partial charge in [0.1, 0.15) is 0 Å². The van der Waals surface area contributed by atoms with Crippen LogP contribution in [-0.4, -0.2) is 0 Å². The van der Waals surface area contributed by atoms with Crippen molar-refractivity contribution in [3.63, 3.8) is 0 Å². The van der Waals surface area contributed by atoms with Gasteiger partial charge in [0.25, 0.3) is 0 Å². The molecule has 0 fully saturated rings. The van der Waals surface area contributed by atoms with E-state index >= 15 is 0 Å². The molecule has 0 spiro atoms. The van der Waals surface area contributed by atoms with Crippen molar-refractivity contribution in [3.05, 3.63) is 217 Å². The molecule has 0 radical (unpaired) electrons. The topological polar surface area (TPSA) is 0 Å². The van der Waals surface area contributed by atoms with E-state index in [1.54, 1.807) is 0 Å². The van der Waals surface area contributed by atoms with Crippen molar-refractivity contribution in [2.24, 2.45) is 0 Å². The normalized spacial score (nSPS) is 13.2. The Morgan fingerprint density at radius 1 is 0.246 bits per heavy atom. The molecule has 61 heavy (non-hydrogen) atoms. The maximum absolute atomic E-state index is 2.46. The average molecular weight is 773 g/mol. The highest BCUT2D eigenvalue weighted by Crippen LogP contribution is 2.51. The zero-order valence-electron chi connectivity index (χ0n) is 34.1. The summed E-state index contributed by atoms with van der Waals surface area (Å²) in [5.74, 6) is 0. The minimum absolute atomic E-state index is 0.142. The summed E-state index contributed by atoms with van der Waals surface area (Å²) in [7, 11) is 0. The van der Waals surface area contributed by atoms with Crippen LogP contribution in [-0.2, 0) is 5.41 Å². The molecule has 12 aromatic rings. The first-order chi connectivity index (χ1) is 30.0. The van der Waals surface area contributed by atoms with Crippen LogP contribution in [0, 0.1) is 0 Å².